The summed E-state index contributed by atoms with van der Waals surface area (Å²) in [6, 6.07) is 16.2. The van der Waals surface area contributed by atoms with Crippen LogP contribution in [-0.2, 0) is 20.8 Å². The molecule has 2 heterocycles. The SMILES string of the molecule is COc1cc(CN2CCOC(c3ccccc3)C2)ccc1OCC(=O)N1CCOCC1. The molecule has 31 heavy (non-hydrogen) atoms. The molecule has 0 bridgehead atoms. The van der Waals surface area contributed by atoms with Crippen molar-refractivity contribution in [2.45, 2.75) is 12.6 Å². The minimum Gasteiger partial charge on any atom is -0.493 e. The number of amides is 1. The Morgan fingerprint density at radius 1 is 1.03 bits per heavy atom. The fourth-order valence-corrected chi connectivity index (χ4v) is 3.95. The Hall–Kier alpha value is -2.61. The highest BCUT2D eigenvalue weighted by molar-refractivity contribution is 5.78. The first-order chi connectivity index (χ1) is 15.2. The van der Waals surface area contributed by atoms with Gasteiger partial charge in [0.2, 0.25) is 0 Å². The average Bonchev–Trinajstić information content (AvgIpc) is 2.84. The highest BCUT2D eigenvalue weighted by Crippen LogP contribution is 2.30. The van der Waals surface area contributed by atoms with Crippen molar-refractivity contribution in [1.29, 1.82) is 0 Å². The first-order valence-electron chi connectivity index (χ1n) is 10.8. The minimum absolute atomic E-state index is 0.00206. The molecule has 0 N–H and O–H groups in total. The lowest BCUT2D eigenvalue weighted by Crippen LogP contribution is -2.43. The summed E-state index contributed by atoms with van der Waals surface area (Å²) in [6.07, 6.45) is 0.0886. The summed E-state index contributed by atoms with van der Waals surface area (Å²) in [5.74, 6) is 1.19. The number of hydrogen-bond acceptors (Lipinski definition) is 6. The highest BCUT2D eigenvalue weighted by atomic mass is 16.5. The fourth-order valence-electron chi connectivity index (χ4n) is 3.95. The lowest BCUT2D eigenvalue weighted by Gasteiger charge is -2.33. The Balaban J connectivity index is 1.34. The van der Waals surface area contributed by atoms with Crippen LogP contribution in [0, 0.1) is 0 Å². The molecule has 0 saturated carbocycles. The zero-order valence-electron chi connectivity index (χ0n) is 18.0. The molecule has 0 aromatic heterocycles. The summed E-state index contributed by atoms with van der Waals surface area (Å²) in [6.45, 7) is 5.63. The number of hydrogen-bond donors (Lipinski definition) is 0. The number of rotatable bonds is 7. The van der Waals surface area contributed by atoms with Crippen molar-refractivity contribution in [3.8, 4) is 11.5 Å². The third-order valence-electron chi connectivity index (χ3n) is 5.67. The van der Waals surface area contributed by atoms with Crippen LogP contribution < -0.4 is 9.47 Å². The van der Waals surface area contributed by atoms with E-state index in [9.17, 15) is 4.79 Å². The van der Waals surface area contributed by atoms with Gasteiger partial charge in [-0.2, -0.15) is 0 Å². The summed E-state index contributed by atoms with van der Waals surface area (Å²) in [4.78, 5) is 16.5. The first-order valence-corrected chi connectivity index (χ1v) is 10.8. The molecule has 1 atom stereocenters. The molecule has 7 nitrogen and oxygen atoms in total. The largest absolute Gasteiger partial charge is 0.493 e. The highest BCUT2D eigenvalue weighted by Gasteiger charge is 2.22. The number of methoxy groups -OCH3 is 1. The van der Waals surface area contributed by atoms with Crippen molar-refractivity contribution < 1.29 is 23.7 Å². The summed E-state index contributed by atoms with van der Waals surface area (Å²) in [7, 11) is 1.62. The average molecular weight is 427 g/mol. The van der Waals surface area contributed by atoms with Crippen molar-refractivity contribution in [2.75, 3.05) is 59.7 Å². The molecule has 2 aliphatic heterocycles. The molecule has 7 heteroatoms. The van der Waals surface area contributed by atoms with Gasteiger partial charge in [0.1, 0.15) is 0 Å². The van der Waals surface area contributed by atoms with E-state index in [1.165, 1.54) is 5.56 Å². The van der Waals surface area contributed by atoms with Gasteiger partial charge in [0, 0.05) is 32.7 Å². The van der Waals surface area contributed by atoms with Gasteiger partial charge in [0.05, 0.1) is 33.0 Å². The molecule has 2 fully saturated rings. The second kappa shape index (κ2) is 10.6. The maximum Gasteiger partial charge on any atom is 0.260 e. The van der Waals surface area contributed by atoms with E-state index in [2.05, 4.69) is 17.0 Å². The van der Waals surface area contributed by atoms with Crippen LogP contribution in [0.5, 0.6) is 11.5 Å². The van der Waals surface area contributed by atoms with Crippen LogP contribution in [0.1, 0.15) is 17.2 Å². The normalized spacial score (nSPS) is 19.8. The van der Waals surface area contributed by atoms with Gasteiger partial charge in [0.15, 0.2) is 18.1 Å². The van der Waals surface area contributed by atoms with E-state index >= 15 is 0 Å². The molecule has 2 saturated heterocycles. The molecule has 1 unspecified atom stereocenters. The van der Waals surface area contributed by atoms with E-state index in [-0.39, 0.29) is 18.6 Å². The van der Waals surface area contributed by atoms with Gasteiger partial charge in [-0.3, -0.25) is 9.69 Å². The van der Waals surface area contributed by atoms with Crippen molar-refractivity contribution in [3.05, 3.63) is 59.7 Å². The zero-order chi connectivity index (χ0) is 21.5. The first kappa shape index (κ1) is 21.6. The number of morpholine rings is 2. The molecular weight excluding hydrogens is 396 g/mol. The predicted molar refractivity (Wildman–Crippen MR) is 116 cm³/mol. The summed E-state index contributed by atoms with van der Waals surface area (Å²) < 4.78 is 22.6. The molecule has 4 rings (SSSR count). The Kier molecular flexibility index (Phi) is 7.40. The second-order valence-corrected chi connectivity index (χ2v) is 7.77. The van der Waals surface area contributed by atoms with E-state index in [4.69, 9.17) is 18.9 Å². The number of carbonyl (C=O) groups is 1. The molecule has 2 aromatic rings. The van der Waals surface area contributed by atoms with Crippen molar-refractivity contribution in [3.63, 3.8) is 0 Å². The molecular formula is C24H30N2O5. The van der Waals surface area contributed by atoms with E-state index in [1.807, 2.05) is 36.4 Å². The van der Waals surface area contributed by atoms with Gasteiger partial charge in [-0.05, 0) is 23.3 Å². The summed E-state index contributed by atoms with van der Waals surface area (Å²) >= 11 is 0. The summed E-state index contributed by atoms with van der Waals surface area (Å²) in [5.41, 5.74) is 2.34. The van der Waals surface area contributed by atoms with E-state index in [0.717, 1.165) is 25.2 Å². The monoisotopic (exact) mass is 426 g/mol. The Labute approximate surface area is 183 Å². The molecule has 166 valence electrons. The molecule has 1 amide bonds. The zero-order valence-corrected chi connectivity index (χ0v) is 18.0. The minimum atomic E-state index is -0.0327. The number of ether oxygens (including phenoxy) is 4. The van der Waals surface area contributed by atoms with Crippen LogP contribution >= 0.6 is 0 Å². The van der Waals surface area contributed by atoms with Crippen LogP contribution in [0.15, 0.2) is 48.5 Å². The quantitative estimate of drug-likeness (QED) is 0.678. The number of carbonyl (C=O) groups excluding carboxylic acids is 1. The standard InChI is InChI=1S/C24H30N2O5/c1-28-22-15-19(7-8-21(22)31-18-24(27)26-10-12-29-13-11-26)16-25-9-14-30-23(17-25)20-5-3-2-4-6-20/h2-8,15,23H,9-14,16-18H2,1H3. The molecule has 0 spiro atoms. The third kappa shape index (κ3) is 5.76. The molecule has 0 radical (unpaired) electrons. The lowest BCUT2D eigenvalue weighted by atomic mass is 10.1. The van der Waals surface area contributed by atoms with Crippen LogP contribution in [0.25, 0.3) is 0 Å². The van der Waals surface area contributed by atoms with Gasteiger partial charge >= 0.3 is 0 Å². The van der Waals surface area contributed by atoms with Crippen LogP contribution in [-0.4, -0.2) is 75.4 Å². The Bertz CT molecular complexity index is 854. The van der Waals surface area contributed by atoms with Crippen molar-refractivity contribution >= 4 is 5.91 Å². The van der Waals surface area contributed by atoms with E-state index in [1.54, 1.807) is 12.0 Å². The van der Waals surface area contributed by atoms with E-state index in [0.29, 0.717) is 44.4 Å². The molecule has 2 aromatic carbocycles. The Morgan fingerprint density at radius 3 is 2.61 bits per heavy atom. The van der Waals surface area contributed by atoms with Crippen molar-refractivity contribution in [1.82, 2.24) is 9.80 Å². The molecule has 0 aliphatic carbocycles. The van der Waals surface area contributed by atoms with Crippen molar-refractivity contribution in [2.24, 2.45) is 0 Å². The van der Waals surface area contributed by atoms with Gasteiger partial charge in [-0.25, -0.2) is 0 Å². The van der Waals surface area contributed by atoms with Gasteiger partial charge < -0.3 is 23.8 Å². The van der Waals surface area contributed by atoms with Crippen LogP contribution in [0.4, 0.5) is 0 Å². The lowest BCUT2D eigenvalue weighted by molar-refractivity contribution is -0.137. The maximum atomic E-state index is 12.3. The van der Waals surface area contributed by atoms with E-state index < -0.39 is 0 Å². The predicted octanol–water partition coefficient (Wildman–Crippen LogP) is 2.51. The number of benzene rings is 2. The van der Waals surface area contributed by atoms with Crippen LogP contribution in [0.3, 0.4) is 0 Å². The van der Waals surface area contributed by atoms with Gasteiger partial charge in [-0.1, -0.05) is 36.4 Å². The van der Waals surface area contributed by atoms with Crippen LogP contribution in [0.2, 0.25) is 0 Å². The maximum absolute atomic E-state index is 12.3. The number of nitrogens with zero attached hydrogens (tertiary/aromatic N) is 2. The second-order valence-electron chi connectivity index (χ2n) is 7.77. The topological polar surface area (TPSA) is 60.5 Å². The summed E-state index contributed by atoms with van der Waals surface area (Å²) in [5, 5.41) is 0. The van der Waals surface area contributed by atoms with Gasteiger partial charge in [-0.15, -0.1) is 0 Å². The van der Waals surface area contributed by atoms with Gasteiger partial charge in [0.25, 0.3) is 5.91 Å². The Morgan fingerprint density at radius 2 is 1.84 bits per heavy atom. The smallest absolute Gasteiger partial charge is 0.260 e. The molecule has 2 aliphatic rings. The third-order valence-corrected chi connectivity index (χ3v) is 5.67. The fraction of sp³-hybridized carbons (Fsp3) is 0.458.